The molecule has 0 aliphatic heterocycles. The minimum absolute atomic E-state index is 0.676. The van der Waals surface area contributed by atoms with Crippen LogP contribution in [0.3, 0.4) is 0 Å². The van der Waals surface area contributed by atoms with Crippen molar-refractivity contribution in [3.8, 4) is 11.8 Å². The SMILES string of the molecule is CC(O)(C#Cc1ccc(Cl)cc1)c1ccccc1. The Morgan fingerprint density at radius 3 is 2.22 bits per heavy atom. The van der Waals surface area contributed by atoms with Crippen LogP contribution in [0.25, 0.3) is 0 Å². The standard InChI is InChI=1S/C16H13ClO/c1-16(18,14-5-3-2-4-6-14)12-11-13-7-9-15(17)10-8-13/h2-10,18H,1H3. The molecule has 1 atom stereocenters. The van der Waals surface area contributed by atoms with Crippen LogP contribution in [0.5, 0.6) is 0 Å². The zero-order chi connectivity index (χ0) is 13.0. The molecule has 0 heterocycles. The van der Waals surface area contributed by atoms with Gasteiger partial charge in [0.15, 0.2) is 0 Å². The van der Waals surface area contributed by atoms with E-state index in [4.69, 9.17) is 11.6 Å². The molecule has 1 unspecified atom stereocenters. The van der Waals surface area contributed by atoms with Crippen molar-refractivity contribution in [2.24, 2.45) is 0 Å². The van der Waals surface area contributed by atoms with Gasteiger partial charge >= 0.3 is 0 Å². The van der Waals surface area contributed by atoms with Gasteiger partial charge in [-0.25, -0.2) is 0 Å². The summed E-state index contributed by atoms with van der Waals surface area (Å²) in [5, 5.41) is 11.0. The number of hydrogen-bond acceptors (Lipinski definition) is 1. The fraction of sp³-hybridized carbons (Fsp3) is 0.125. The summed E-state index contributed by atoms with van der Waals surface area (Å²) in [7, 11) is 0. The van der Waals surface area contributed by atoms with Gasteiger partial charge in [0.05, 0.1) is 0 Å². The van der Waals surface area contributed by atoms with Crippen LogP contribution in [0, 0.1) is 11.8 Å². The molecule has 0 saturated carbocycles. The number of hydrogen-bond donors (Lipinski definition) is 1. The molecule has 0 bridgehead atoms. The largest absolute Gasteiger partial charge is 0.374 e. The molecule has 0 aliphatic rings. The van der Waals surface area contributed by atoms with E-state index >= 15 is 0 Å². The third-order valence-corrected chi connectivity index (χ3v) is 2.88. The minimum atomic E-state index is -1.15. The summed E-state index contributed by atoms with van der Waals surface area (Å²) in [6.45, 7) is 1.69. The van der Waals surface area contributed by atoms with Crippen molar-refractivity contribution in [2.45, 2.75) is 12.5 Å². The zero-order valence-corrected chi connectivity index (χ0v) is 10.8. The van der Waals surface area contributed by atoms with Gasteiger partial charge in [-0.1, -0.05) is 53.8 Å². The number of rotatable bonds is 1. The Hall–Kier alpha value is -1.75. The van der Waals surface area contributed by atoms with Crippen LogP contribution < -0.4 is 0 Å². The van der Waals surface area contributed by atoms with E-state index in [2.05, 4.69) is 11.8 Å². The smallest absolute Gasteiger partial charge is 0.148 e. The van der Waals surface area contributed by atoms with Gasteiger partial charge in [-0.15, -0.1) is 0 Å². The Bertz CT molecular complexity index is 574. The first kappa shape index (κ1) is 12.7. The third kappa shape index (κ3) is 3.13. The van der Waals surface area contributed by atoms with E-state index in [1.165, 1.54) is 0 Å². The van der Waals surface area contributed by atoms with Crippen LogP contribution in [-0.4, -0.2) is 5.11 Å². The molecule has 0 aromatic heterocycles. The van der Waals surface area contributed by atoms with Crippen molar-refractivity contribution in [3.05, 3.63) is 70.7 Å². The molecule has 1 nitrogen and oxygen atoms in total. The van der Waals surface area contributed by atoms with Crippen LogP contribution in [-0.2, 0) is 5.60 Å². The fourth-order valence-electron chi connectivity index (χ4n) is 1.56. The Morgan fingerprint density at radius 2 is 1.61 bits per heavy atom. The highest BCUT2D eigenvalue weighted by Gasteiger charge is 2.18. The van der Waals surface area contributed by atoms with Crippen LogP contribution in [0.2, 0.25) is 5.02 Å². The topological polar surface area (TPSA) is 20.2 Å². The Balaban J connectivity index is 2.26. The molecule has 2 heteroatoms. The molecule has 0 radical (unpaired) electrons. The Kier molecular flexibility index (Phi) is 3.72. The van der Waals surface area contributed by atoms with Crippen LogP contribution >= 0.6 is 11.6 Å². The highest BCUT2D eigenvalue weighted by molar-refractivity contribution is 6.30. The van der Waals surface area contributed by atoms with Crippen molar-refractivity contribution < 1.29 is 5.11 Å². The van der Waals surface area contributed by atoms with E-state index in [0.29, 0.717) is 5.02 Å². The molecular formula is C16H13ClO. The molecule has 2 rings (SSSR count). The van der Waals surface area contributed by atoms with E-state index in [1.807, 2.05) is 42.5 Å². The quantitative estimate of drug-likeness (QED) is 0.773. The molecule has 0 amide bonds. The maximum absolute atomic E-state index is 10.3. The zero-order valence-electron chi connectivity index (χ0n) is 10.0. The van der Waals surface area contributed by atoms with E-state index in [1.54, 1.807) is 19.1 Å². The summed E-state index contributed by atoms with van der Waals surface area (Å²) in [5.74, 6) is 5.83. The van der Waals surface area contributed by atoms with Gasteiger partial charge in [0, 0.05) is 10.6 Å². The fourth-order valence-corrected chi connectivity index (χ4v) is 1.69. The lowest BCUT2D eigenvalue weighted by Gasteiger charge is -2.16. The van der Waals surface area contributed by atoms with Crippen molar-refractivity contribution >= 4 is 11.6 Å². The van der Waals surface area contributed by atoms with Gasteiger partial charge < -0.3 is 5.11 Å². The monoisotopic (exact) mass is 256 g/mol. The Morgan fingerprint density at radius 1 is 1.00 bits per heavy atom. The number of aliphatic hydroxyl groups is 1. The van der Waals surface area contributed by atoms with E-state index in [9.17, 15) is 5.11 Å². The summed E-state index contributed by atoms with van der Waals surface area (Å²) in [6, 6.07) is 16.6. The van der Waals surface area contributed by atoms with E-state index in [-0.39, 0.29) is 0 Å². The average molecular weight is 257 g/mol. The summed E-state index contributed by atoms with van der Waals surface area (Å²) in [4.78, 5) is 0. The molecule has 2 aromatic rings. The summed E-state index contributed by atoms with van der Waals surface area (Å²) < 4.78 is 0. The first-order chi connectivity index (χ1) is 8.58. The first-order valence-electron chi connectivity index (χ1n) is 5.64. The van der Waals surface area contributed by atoms with Crippen LogP contribution in [0.15, 0.2) is 54.6 Å². The second kappa shape index (κ2) is 5.27. The second-order valence-electron chi connectivity index (χ2n) is 4.20. The van der Waals surface area contributed by atoms with Gasteiger partial charge in [0.25, 0.3) is 0 Å². The van der Waals surface area contributed by atoms with Gasteiger partial charge in [0.2, 0.25) is 0 Å². The number of benzene rings is 2. The lowest BCUT2D eigenvalue weighted by molar-refractivity contribution is 0.122. The van der Waals surface area contributed by atoms with Gasteiger partial charge in [0.1, 0.15) is 5.60 Å². The molecule has 1 N–H and O–H groups in total. The first-order valence-corrected chi connectivity index (χ1v) is 6.02. The maximum atomic E-state index is 10.3. The lowest BCUT2D eigenvalue weighted by Crippen LogP contribution is -2.18. The molecule has 90 valence electrons. The van der Waals surface area contributed by atoms with Gasteiger partial charge in [-0.3, -0.25) is 0 Å². The predicted molar refractivity (Wildman–Crippen MR) is 74.3 cm³/mol. The summed E-state index contributed by atoms with van der Waals surface area (Å²) in [6.07, 6.45) is 0. The van der Waals surface area contributed by atoms with Gasteiger partial charge in [-0.2, -0.15) is 0 Å². The molecule has 18 heavy (non-hydrogen) atoms. The van der Waals surface area contributed by atoms with Crippen LogP contribution in [0.4, 0.5) is 0 Å². The average Bonchev–Trinajstić information content (AvgIpc) is 2.39. The molecule has 0 fully saturated rings. The molecule has 0 saturated heterocycles. The lowest BCUT2D eigenvalue weighted by atomic mass is 9.96. The number of halogens is 1. The van der Waals surface area contributed by atoms with Crippen molar-refractivity contribution in [2.75, 3.05) is 0 Å². The highest BCUT2D eigenvalue weighted by Crippen LogP contribution is 2.19. The predicted octanol–water partition coefficient (Wildman–Crippen LogP) is 3.60. The summed E-state index contributed by atoms with van der Waals surface area (Å²) in [5.41, 5.74) is 0.461. The van der Waals surface area contributed by atoms with Crippen molar-refractivity contribution in [1.29, 1.82) is 0 Å². The maximum Gasteiger partial charge on any atom is 0.148 e. The molecule has 2 aromatic carbocycles. The van der Waals surface area contributed by atoms with E-state index in [0.717, 1.165) is 11.1 Å². The normalized spacial score (nSPS) is 13.3. The second-order valence-corrected chi connectivity index (χ2v) is 4.63. The molecular weight excluding hydrogens is 244 g/mol. The Labute approximate surface area is 112 Å². The minimum Gasteiger partial charge on any atom is -0.374 e. The van der Waals surface area contributed by atoms with Crippen molar-refractivity contribution in [3.63, 3.8) is 0 Å². The van der Waals surface area contributed by atoms with E-state index < -0.39 is 5.60 Å². The summed E-state index contributed by atoms with van der Waals surface area (Å²) >= 11 is 5.80. The molecule has 0 aliphatic carbocycles. The third-order valence-electron chi connectivity index (χ3n) is 2.63. The van der Waals surface area contributed by atoms with Crippen LogP contribution in [0.1, 0.15) is 18.1 Å². The van der Waals surface area contributed by atoms with Crippen molar-refractivity contribution in [1.82, 2.24) is 0 Å². The van der Waals surface area contributed by atoms with Gasteiger partial charge in [-0.05, 0) is 36.8 Å². The molecule has 0 spiro atoms. The highest BCUT2D eigenvalue weighted by atomic mass is 35.5.